The Labute approximate surface area is 409 Å². The molecule has 0 unspecified atom stereocenters. The molecule has 1 aliphatic heterocycles. The number of hydrogen-bond donors (Lipinski definition) is 3. The fourth-order valence-corrected chi connectivity index (χ4v) is 9.77. The number of oxime groups is 1. The second-order valence-electron chi connectivity index (χ2n) is 17.3. The molecule has 1 fully saturated rings. The van der Waals surface area contributed by atoms with Crippen molar-refractivity contribution >= 4 is 35.0 Å². The molecule has 1 heterocycles. The molecule has 0 aromatic heterocycles. The van der Waals surface area contributed by atoms with Crippen molar-refractivity contribution in [2.24, 2.45) is 22.9 Å². The standard InChI is InChI=1S/C51H57N5O15/c1-5-26-67-51-46(54(2)50(60)70-36-18-16-35(17-19-36)56(63)64)30-43(53-68-31-32-12-14-34(15-13-32)55(61)62)40-27-33(10-6-8-24-57)39(11-7-9-25-58)47(48(40)51)41-28-38(21-23-44(41)71-51)69-49(59)52-42-22-20-37(65-3)29-45(42)66-4/h5,12-23,27-29,33,39,46-48,57-58H,1,6-11,24-26,30-31H2,2-4H3,(H,52,59)/t33-,39+,46-,47+,48+,51+/m0/s1. The number of nitro benzene ring substituents is 2. The molecular formula is C51H57N5O15. The first-order chi connectivity index (χ1) is 34.3. The Morgan fingerprint density at radius 2 is 1.54 bits per heavy atom. The van der Waals surface area contributed by atoms with Gasteiger partial charge in [0.1, 0.15) is 41.4 Å². The number of nitrogens with zero attached hydrogens (tertiary/aromatic N) is 4. The molecule has 0 saturated heterocycles. The number of methoxy groups -OCH3 is 2. The Balaban J connectivity index is 1.36. The van der Waals surface area contributed by atoms with Gasteiger partial charge in [-0.05, 0) is 103 Å². The van der Waals surface area contributed by atoms with E-state index < -0.39 is 45.7 Å². The molecule has 376 valence electrons. The highest BCUT2D eigenvalue weighted by Gasteiger charge is 2.65. The van der Waals surface area contributed by atoms with Gasteiger partial charge in [-0.15, -0.1) is 6.58 Å². The van der Waals surface area contributed by atoms with E-state index in [9.17, 15) is 40.0 Å². The predicted octanol–water partition coefficient (Wildman–Crippen LogP) is 9.10. The van der Waals surface area contributed by atoms with Crippen LogP contribution in [0.4, 0.5) is 26.7 Å². The number of aliphatic hydroxyl groups excluding tert-OH is 2. The lowest BCUT2D eigenvalue weighted by Gasteiger charge is -2.59. The van der Waals surface area contributed by atoms with E-state index in [1.807, 2.05) is 0 Å². The molecule has 20 heteroatoms. The number of nitro groups is 2. The SMILES string of the molecule is C=CCO[C@@]12Oc3ccc(OC(=O)Nc4ccc(OC)cc4OC)cc3[C@H]3[C@H](CCCCO)[C@@H](CCCCO)C=C(C(=NOCc4ccc([N+](=O)[O-])cc4)C[C@@H]1N(C)C(=O)Oc1ccc([N+](=O)[O-])cc1)[C@H]32. The van der Waals surface area contributed by atoms with Crippen LogP contribution in [0.5, 0.6) is 28.7 Å². The zero-order valence-corrected chi connectivity index (χ0v) is 39.6. The van der Waals surface area contributed by atoms with Crippen molar-refractivity contribution in [2.45, 2.75) is 69.3 Å². The second kappa shape index (κ2) is 23.4. The minimum Gasteiger partial charge on any atom is -0.497 e. The number of carbonyl (C=O) groups is 2. The molecule has 4 aromatic rings. The summed E-state index contributed by atoms with van der Waals surface area (Å²) in [5, 5.41) is 50.2. The average molecular weight is 980 g/mol. The highest BCUT2D eigenvalue weighted by Crippen LogP contribution is 2.62. The van der Waals surface area contributed by atoms with Crippen molar-refractivity contribution in [3.63, 3.8) is 0 Å². The maximum Gasteiger partial charge on any atom is 0.417 e. The Hall–Kier alpha value is -7.55. The van der Waals surface area contributed by atoms with Gasteiger partial charge in [-0.2, -0.15) is 0 Å². The number of unbranched alkanes of at least 4 members (excludes halogenated alkanes) is 2. The van der Waals surface area contributed by atoms with E-state index in [0.717, 1.165) is 0 Å². The van der Waals surface area contributed by atoms with Gasteiger partial charge in [0.05, 0.1) is 48.0 Å². The largest absolute Gasteiger partial charge is 0.497 e. The number of rotatable bonds is 22. The molecule has 0 bridgehead atoms. The van der Waals surface area contributed by atoms with Crippen LogP contribution in [0.3, 0.4) is 0 Å². The third-order valence-electron chi connectivity index (χ3n) is 13.1. The fourth-order valence-electron chi connectivity index (χ4n) is 9.77. The number of fused-ring (bicyclic) bond motifs is 2. The minimum atomic E-state index is -1.67. The van der Waals surface area contributed by atoms with Crippen molar-refractivity contribution in [3.8, 4) is 28.7 Å². The van der Waals surface area contributed by atoms with Gasteiger partial charge in [0.25, 0.3) is 11.4 Å². The van der Waals surface area contributed by atoms with Crippen LogP contribution in [-0.4, -0.2) is 95.8 Å². The Bertz CT molecular complexity index is 2620. The highest BCUT2D eigenvalue weighted by atomic mass is 16.7. The van der Waals surface area contributed by atoms with Crippen molar-refractivity contribution in [3.05, 3.63) is 141 Å². The molecule has 71 heavy (non-hydrogen) atoms. The summed E-state index contributed by atoms with van der Waals surface area (Å²) in [7, 11) is 4.51. The minimum absolute atomic E-state index is 0.00194. The molecule has 2 amide bonds. The number of carbonyl (C=O) groups excluding carboxylic acids is 2. The summed E-state index contributed by atoms with van der Waals surface area (Å²) in [6.45, 7) is 3.83. The van der Waals surface area contributed by atoms with E-state index in [4.69, 9.17) is 38.4 Å². The Morgan fingerprint density at radius 3 is 2.18 bits per heavy atom. The molecule has 0 radical (unpaired) electrons. The summed E-state index contributed by atoms with van der Waals surface area (Å²) < 4.78 is 36.6. The topological polar surface area (TPSA) is 253 Å². The highest BCUT2D eigenvalue weighted by molar-refractivity contribution is 6.03. The first-order valence-corrected chi connectivity index (χ1v) is 23.2. The van der Waals surface area contributed by atoms with Crippen molar-refractivity contribution < 1.29 is 62.9 Å². The van der Waals surface area contributed by atoms with Gasteiger partial charge in [-0.3, -0.25) is 25.5 Å². The molecule has 0 spiro atoms. The molecule has 7 rings (SSSR count). The Kier molecular flexibility index (Phi) is 16.9. The van der Waals surface area contributed by atoms with Crippen molar-refractivity contribution in [1.82, 2.24) is 4.90 Å². The van der Waals surface area contributed by atoms with Crippen LogP contribution in [0.15, 0.2) is 114 Å². The first kappa shape index (κ1) is 51.3. The van der Waals surface area contributed by atoms with Gasteiger partial charge >= 0.3 is 12.2 Å². The fraction of sp³-hybridized carbons (Fsp3) is 0.392. The quantitative estimate of drug-likeness (QED) is 0.0287. The molecule has 20 nitrogen and oxygen atoms in total. The van der Waals surface area contributed by atoms with Crippen molar-refractivity contribution in [2.75, 3.05) is 46.4 Å². The molecular weight excluding hydrogens is 923 g/mol. The van der Waals surface area contributed by atoms with E-state index in [0.29, 0.717) is 83.9 Å². The summed E-state index contributed by atoms with van der Waals surface area (Å²) in [5.41, 5.74) is 2.51. The van der Waals surface area contributed by atoms with E-state index >= 15 is 0 Å². The molecule has 2 aliphatic carbocycles. The molecule has 1 saturated carbocycles. The monoisotopic (exact) mass is 979 g/mol. The second-order valence-corrected chi connectivity index (χ2v) is 17.3. The maximum absolute atomic E-state index is 14.4. The van der Waals surface area contributed by atoms with Crippen LogP contribution in [0.25, 0.3) is 0 Å². The van der Waals surface area contributed by atoms with Crippen LogP contribution in [0.2, 0.25) is 0 Å². The number of hydrogen-bond acceptors (Lipinski definition) is 16. The van der Waals surface area contributed by atoms with Gasteiger partial charge in [0.2, 0.25) is 5.79 Å². The van der Waals surface area contributed by atoms with Gasteiger partial charge in [0.15, 0.2) is 0 Å². The normalized spacial score (nSPS) is 21.3. The number of aliphatic hydroxyl groups is 2. The number of amides is 2. The number of anilines is 1. The van der Waals surface area contributed by atoms with Gasteiger partial charge in [-0.1, -0.05) is 30.1 Å². The summed E-state index contributed by atoms with van der Waals surface area (Å²) in [6.07, 6.45) is 5.78. The summed E-state index contributed by atoms with van der Waals surface area (Å²) >= 11 is 0. The summed E-state index contributed by atoms with van der Waals surface area (Å²) in [4.78, 5) is 57.1. The third kappa shape index (κ3) is 11.6. The first-order valence-electron chi connectivity index (χ1n) is 23.2. The average Bonchev–Trinajstić information content (AvgIpc) is 3.37. The number of allylic oxidation sites excluding steroid dienone is 1. The maximum atomic E-state index is 14.4. The van der Waals surface area contributed by atoms with Gasteiger partial charge < -0.3 is 48.4 Å². The number of benzene rings is 4. The van der Waals surface area contributed by atoms with Crippen LogP contribution < -0.4 is 29.0 Å². The predicted molar refractivity (Wildman–Crippen MR) is 259 cm³/mol. The lowest BCUT2D eigenvalue weighted by Crippen LogP contribution is -2.69. The zero-order valence-electron chi connectivity index (χ0n) is 39.6. The number of ether oxygens (including phenoxy) is 6. The molecule has 3 aliphatic rings. The summed E-state index contributed by atoms with van der Waals surface area (Å²) in [5.74, 6) is -1.71. The number of nitrogens with one attached hydrogen (secondary N) is 1. The molecule has 6 atom stereocenters. The number of likely N-dealkylation sites (N-methyl/N-ethyl adjacent to an activating group) is 1. The van der Waals surface area contributed by atoms with Gasteiger partial charge in [0, 0.05) is 68.5 Å². The van der Waals surface area contributed by atoms with Gasteiger partial charge in [-0.25, -0.2) is 9.59 Å². The smallest absolute Gasteiger partial charge is 0.417 e. The van der Waals surface area contributed by atoms with Crippen LogP contribution in [-0.2, 0) is 16.2 Å². The van der Waals surface area contributed by atoms with Crippen LogP contribution in [0.1, 0.15) is 62.0 Å². The van der Waals surface area contributed by atoms with Crippen LogP contribution >= 0.6 is 0 Å². The molecule has 4 aromatic carbocycles. The van der Waals surface area contributed by atoms with E-state index in [1.165, 1.54) is 62.6 Å². The summed E-state index contributed by atoms with van der Waals surface area (Å²) in [6, 6.07) is 19.9. The lowest BCUT2D eigenvalue weighted by molar-refractivity contribution is -0.385. The van der Waals surface area contributed by atoms with E-state index in [1.54, 1.807) is 54.6 Å². The molecule has 3 N–H and O–H groups in total. The van der Waals surface area contributed by atoms with Crippen LogP contribution in [0, 0.1) is 38.0 Å². The van der Waals surface area contributed by atoms with E-state index in [-0.39, 0.29) is 67.6 Å². The third-order valence-corrected chi connectivity index (χ3v) is 13.1. The Morgan fingerprint density at radius 1 is 0.873 bits per heavy atom. The van der Waals surface area contributed by atoms with Crippen molar-refractivity contribution in [1.29, 1.82) is 0 Å². The number of non-ortho nitro benzene ring substituents is 2. The lowest BCUT2D eigenvalue weighted by atomic mass is 9.55. The van der Waals surface area contributed by atoms with E-state index in [2.05, 4.69) is 18.0 Å². The zero-order chi connectivity index (χ0) is 50.7.